The quantitative estimate of drug-likeness (QED) is 0.712. The maximum absolute atomic E-state index is 13.2. The molecule has 30 heavy (non-hydrogen) atoms. The van der Waals surface area contributed by atoms with Gasteiger partial charge < -0.3 is 15.0 Å². The van der Waals surface area contributed by atoms with Crippen LogP contribution < -0.4 is 10.2 Å². The van der Waals surface area contributed by atoms with Gasteiger partial charge in [0.2, 0.25) is 5.95 Å². The third-order valence-electron chi connectivity index (χ3n) is 5.04. The van der Waals surface area contributed by atoms with E-state index in [0.29, 0.717) is 47.6 Å². The topological polar surface area (TPSA) is 85.2 Å². The highest BCUT2D eigenvalue weighted by molar-refractivity contribution is 6.04. The molecular formula is C21H23FN6O2. The van der Waals surface area contributed by atoms with E-state index in [1.807, 2.05) is 13.8 Å². The molecule has 0 aliphatic carbocycles. The van der Waals surface area contributed by atoms with Crippen molar-refractivity contribution in [1.29, 1.82) is 0 Å². The Morgan fingerprint density at radius 2 is 1.73 bits per heavy atom. The zero-order valence-electron chi connectivity index (χ0n) is 17.1. The summed E-state index contributed by atoms with van der Waals surface area (Å²) >= 11 is 0. The summed E-state index contributed by atoms with van der Waals surface area (Å²) in [5.74, 6) is 0.0110. The van der Waals surface area contributed by atoms with Crippen LogP contribution in [0.3, 0.4) is 0 Å². The maximum atomic E-state index is 13.2. The van der Waals surface area contributed by atoms with Crippen molar-refractivity contribution in [2.24, 2.45) is 7.05 Å². The van der Waals surface area contributed by atoms with E-state index >= 15 is 0 Å². The predicted molar refractivity (Wildman–Crippen MR) is 111 cm³/mol. The number of aromatic nitrogens is 4. The third kappa shape index (κ3) is 4.02. The summed E-state index contributed by atoms with van der Waals surface area (Å²) in [6.45, 7) is 6.48. The minimum Gasteiger partial charge on any atom is -0.378 e. The summed E-state index contributed by atoms with van der Waals surface area (Å²) in [7, 11) is 1.69. The number of ether oxygens (including phenoxy) is 1. The van der Waals surface area contributed by atoms with Gasteiger partial charge in [-0.1, -0.05) is 0 Å². The first-order valence-electron chi connectivity index (χ1n) is 9.71. The molecule has 1 saturated heterocycles. The van der Waals surface area contributed by atoms with Gasteiger partial charge in [-0.3, -0.25) is 9.48 Å². The van der Waals surface area contributed by atoms with Crippen LogP contribution in [0.2, 0.25) is 0 Å². The van der Waals surface area contributed by atoms with Gasteiger partial charge in [0, 0.05) is 25.7 Å². The van der Waals surface area contributed by atoms with Gasteiger partial charge in [-0.2, -0.15) is 5.10 Å². The molecule has 1 aromatic carbocycles. The van der Waals surface area contributed by atoms with Gasteiger partial charge in [0.15, 0.2) is 0 Å². The maximum Gasteiger partial charge on any atom is 0.274 e. The van der Waals surface area contributed by atoms with E-state index < -0.39 is 0 Å². The van der Waals surface area contributed by atoms with Crippen LogP contribution in [0.1, 0.15) is 21.9 Å². The summed E-state index contributed by atoms with van der Waals surface area (Å²) in [5, 5.41) is 7.29. The molecule has 0 atom stereocenters. The first-order valence-corrected chi connectivity index (χ1v) is 9.71. The SMILES string of the molecule is Cc1nc(N2CCOCC2)nc(C)c1NC(=O)c1cc(-c2ccc(F)cc2)nn1C. The van der Waals surface area contributed by atoms with Crippen LogP contribution in [0.15, 0.2) is 30.3 Å². The number of nitrogens with zero attached hydrogens (tertiary/aromatic N) is 5. The van der Waals surface area contributed by atoms with Gasteiger partial charge in [0.25, 0.3) is 5.91 Å². The molecule has 2 aromatic heterocycles. The van der Waals surface area contributed by atoms with E-state index in [-0.39, 0.29) is 11.7 Å². The van der Waals surface area contributed by atoms with Gasteiger partial charge in [-0.25, -0.2) is 14.4 Å². The minimum atomic E-state index is -0.320. The van der Waals surface area contributed by atoms with Crippen LogP contribution in [0.5, 0.6) is 0 Å². The standard InChI is InChI=1S/C21H23FN6O2/c1-13-19(14(2)24-21(23-13)28-8-10-30-11-9-28)25-20(29)18-12-17(26-27(18)3)15-4-6-16(22)7-5-15/h4-7,12H,8-11H2,1-3H3,(H,25,29). The number of carbonyl (C=O) groups excluding carboxylic acids is 1. The molecule has 3 aromatic rings. The number of nitrogens with one attached hydrogen (secondary N) is 1. The fourth-order valence-electron chi connectivity index (χ4n) is 3.40. The van der Waals surface area contributed by atoms with Crippen LogP contribution in [0.25, 0.3) is 11.3 Å². The number of halogens is 1. The second-order valence-electron chi connectivity index (χ2n) is 7.17. The molecule has 3 heterocycles. The van der Waals surface area contributed by atoms with Crippen molar-refractivity contribution in [3.63, 3.8) is 0 Å². The van der Waals surface area contributed by atoms with Crippen LogP contribution in [-0.2, 0) is 11.8 Å². The monoisotopic (exact) mass is 410 g/mol. The lowest BCUT2D eigenvalue weighted by Crippen LogP contribution is -2.37. The van der Waals surface area contributed by atoms with Crippen LogP contribution >= 0.6 is 0 Å². The Morgan fingerprint density at radius 1 is 1.10 bits per heavy atom. The Hall–Kier alpha value is -3.33. The van der Waals surface area contributed by atoms with E-state index in [2.05, 4.69) is 25.3 Å². The number of hydrogen-bond acceptors (Lipinski definition) is 6. The van der Waals surface area contributed by atoms with Gasteiger partial charge in [0.1, 0.15) is 11.5 Å². The summed E-state index contributed by atoms with van der Waals surface area (Å²) in [4.78, 5) is 24.1. The Balaban J connectivity index is 1.56. The first-order chi connectivity index (χ1) is 14.4. The molecule has 9 heteroatoms. The average Bonchev–Trinajstić information content (AvgIpc) is 3.13. The second-order valence-corrected chi connectivity index (χ2v) is 7.17. The van der Waals surface area contributed by atoms with Crippen molar-refractivity contribution in [2.75, 3.05) is 36.5 Å². The van der Waals surface area contributed by atoms with E-state index in [9.17, 15) is 9.18 Å². The highest BCUT2D eigenvalue weighted by Crippen LogP contribution is 2.23. The van der Waals surface area contributed by atoms with Gasteiger partial charge in [-0.05, 0) is 44.2 Å². The molecule has 8 nitrogen and oxygen atoms in total. The van der Waals surface area contributed by atoms with Crippen molar-refractivity contribution in [3.8, 4) is 11.3 Å². The molecule has 1 aliphatic rings. The second kappa shape index (κ2) is 8.19. The molecule has 4 rings (SSSR count). The normalized spacial score (nSPS) is 14.1. The van der Waals surface area contributed by atoms with Crippen molar-refractivity contribution >= 4 is 17.5 Å². The predicted octanol–water partition coefficient (Wildman–Crippen LogP) is 2.72. The number of amides is 1. The Kier molecular flexibility index (Phi) is 5.45. The Bertz CT molecular complexity index is 1050. The molecule has 0 unspecified atom stereocenters. The Morgan fingerprint density at radius 3 is 2.37 bits per heavy atom. The number of hydrogen-bond donors (Lipinski definition) is 1. The zero-order chi connectivity index (χ0) is 21.3. The average molecular weight is 410 g/mol. The number of anilines is 2. The number of aryl methyl sites for hydroxylation is 3. The lowest BCUT2D eigenvalue weighted by atomic mass is 10.1. The van der Waals surface area contributed by atoms with Crippen LogP contribution in [-0.4, -0.2) is 52.0 Å². The van der Waals surface area contributed by atoms with E-state index in [0.717, 1.165) is 18.7 Å². The van der Waals surface area contributed by atoms with E-state index in [1.165, 1.54) is 16.8 Å². The molecule has 1 amide bonds. The molecule has 0 spiro atoms. The van der Waals surface area contributed by atoms with Crippen molar-refractivity contribution < 1.29 is 13.9 Å². The highest BCUT2D eigenvalue weighted by atomic mass is 19.1. The summed E-state index contributed by atoms with van der Waals surface area (Å²) < 4.78 is 20.0. The van der Waals surface area contributed by atoms with Crippen LogP contribution in [0, 0.1) is 19.7 Å². The molecule has 156 valence electrons. The number of carbonyl (C=O) groups is 1. The van der Waals surface area contributed by atoms with Crippen molar-refractivity contribution in [3.05, 3.63) is 53.2 Å². The lowest BCUT2D eigenvalue weighted by molar-refractivity contribution is 0.101. The third-order valence-corrected chi connectivity index (χ3v) is 5.04. The summed E-state index contributed by atoms with van der Waals surface area (Å²) in [5.41, 5.74) is 3.68. The number of morpholine rings is 1. The first kappa shape index (κ1) is 20.0. The number of benzene rings is 1. The molecule has 0 bridgehead atoms. The lowest BCUT2D eigenvalue weighted by Gasteiger charge is -2.27. The molecule has 1 N–H and O–H groups in total. The molecule has 1 fully saturated rings. The summed E-state index contributed by atoms with van der Waals surface area (Å²) in [6, 6.07) is 7.67. The molecular weight excluding hydrogens is 387 g/mol. The van der Waals surface area contributed by atoms with E-state index in [1.54, 1.807) is 25.2 Å². The zero-order valence-corrected chi connectivity index (χ0v) is 17.1. The van der Waals surface area contributed by atoms with Crippen LogP contribution in [0.4, 0.5) is 16.0 Å². The van der Waals surface area contributed by atoms with Gasteiger partial charge in [-0.15, -0.1) is 0 Å². The van der Waals surface area contributed by atoms with Crippen molar-refractivity contribution in [1.82, 2.24) is 19.7 Å². The molecule has 0 saturated carbocycles. The number of rotatable bonds is 4. The Labute approximate surface area is 173 Å². The summed E-state index contributed by atoms with van der Waals surface area (Å²) in [6.07, 6.45) is 0. The smallest absolute Gasteiger partial charge is 0.274 e. The molecule has 0 radical (unpaired) electrons. The van der Waals surface area contributed by atoms with Gasteiger partial charge in [0.05, 0.1) is 36.0 Å². The van der Waals surface area contributed by atoms with Crippen molar-refractivity contribution in [2.45, 2.75) is 13.8 Å². The van der Waals surface area contributed by atoms with E-state index in [4.69, 9.17) is 4.74 Å². The molecule has 1 aliphatic heterocycles. The fraction of sp³-hybridized carbons (Fsp3) is 0.333. The van der Waals surface area contributed by atoms with Gasteiger partial charge >= 0.3 is 0 Å². The largest absolute Gasteiger partial charge is 0.378 e. The highest BCUT2D eigenvalue weighted by Gasteiger charge is 2.20. The minimum absolute atomic E-state index is 0.313. The fourth-order valence-corrected chi connectivity index (χ4v) is 3.40.